The lowest BCUT2D eigenvalue weighted by molar-refractivity contribution is -0.387. The Labute approximate surface area is 147 Å². The number of nitrogens with zero attached hydrogens (tertiary/aromatic N) is 1. The van der Waals surface area contributed by atoms with Crippen LogP contribution >= 0.6 is 0 Å². The van der Waals surface area contributed by atoms with Crippen LogP contribution in [0.1, 0.15) is 41.0 Å². The first-order chi connectivity index (χ1) is 11.4. The van der Waals surface area contributed by atoms with Gasteiger partial charge >= 0.3 is 5.97 Å². The lowest BCUT2D eigenvalue weighted by Gasteiger charge is -2.27. The van der Waals surface area contributed by atoms with Gasteiger partial charge in [-0.25, -0.2) is 8.42 Å². The van der Waals surface area contributed by atoms with Gasteiger partial charge in [0.25, 0.3) is 5.69 Å². The van der Waals surface area contributed by atoms with Crippen LogP contribution in [0.3, 0.4) is 0 Å². The third-order valence-electron chi connectivity index (χ3n) is 3.51. The van der Waals surface area contributed by atoms with E-state index in [4.69, 9.17) is 4.74 Å². The summed E-state index contributed by atoms with van der Waals surface area (Å²) in [5, 5.41) is 11.1. The Bertz CT molecular complexity index is 739. The minimum absolute atomic E-state index is 0.354. The Balaban J connectivity index is 3.24. The predicted molar refractivity (Wildman–Crippen MR) is 92.5 cm³/mol. The Morgan fingerprint density at radius 1 is 1.32 bits per heavy atom. The maximum absolute atomic E-state index is 12.6. The molecule has 8 nitrogen and oxygen atoms in total. The molecule has 0 aliphatic carbocycles. The molecule has 1 aromatic rings. The zero-order valence-corrected chi connectivity index (χ0v) is 15.8. The minimum Gasteiger partial charge on any atom is -0.459 e. The van der Waals surface area contributed by atoms with Crippen LogP contribution in [0.4, 0.5) is 5.69 Å². The lowest BCUT2D eigenvalue weighted by atomic mass is 10.00. The number of para-hydroxylation sites is 1. The highest BCUT2D eigenvalue weighted by atomic mass is 32.2. The molecule has 0 saturated heterocycles. The molecular formula is C16H24N2O6S. The highest BCUT2D eigenvalue weighted by Gasteiger charge is 2.35. The fourth-order valence-electron chi connectivity index (χ4n) is 2.06. The topological polar surface area (TPSA) is 116 Å². The second-order valence-electron chi connectivity index (χ2n) is 6.74. The molecule has 0 heterocycles. The van der Waals surface area contributed by atoms with E-state index in [2.05, 4.69) is 4.72 Å². The largest absolute Gasteiger partial charge is 0.459 e. The third-order valence-corrected chi connectivity index (χ3v) is 5.00. The van der Waals surface area contributed by atoms with Crippen molar-refractivity contribution >= 4 is 21.7 Å². The Hall–Kier alpha value is -2.00. The molecule has 25 heavy (non-hydrogen) atoms. The second-order valence-corrected chi connectivity index (χ2v) is 8.43. The van der Waals surface area contributed by atoms with Crippen molar-refractivity contribution in [2.45, 2.75) is 57.6 Å². The fourth-order valence-corrected chi connectivity index (χ4v) is 3.53. The molecule has 0 aliphatic heterocycles. The summed E-state index contributed by atoms with van der Waals surface area (Å²) < 4.78 is 32.8. The summed E-state index contributed by atoms with van der Waals surface area (Å²) in [6.45, 7) is 8.54. The van der Waals surface area contributed by atoms with E-state index in [0.29, 0.717) is 6.42 Å². The third kappa shape index (κ3) is 5.79. The standard InChI is InChI=1S/C16H24N2O6S/c1-6-11(2)14(15(19)24-16(3,4)5)17-25(22,23)13-10-8-7-9-12(13)18(20)21/h7-11,14,17H,6H2,1-5H3/t11-,14-/m0/s1. The van der Waals surface area contributed by atoms with Gasteiger partial charge in [0.05, 0.1) is 4.92 Å². The SMILES string of the molecule is CC[C@H](C)[C@H](NS(=O)(=O)c1ccccc1[N+](=O)[O-])C(=O)OC(C)(C)C. The number of rotatable bonds is 7. The van der Waals surface area contributed by atoms with Gasteiger partial charge < -0.3 is 4.74 Å². The van der Waals surface area contributed by atoms with E-state index in [1.54, 1.807) is 34.6 Å². The number of benzene rings is 1. The normalized spacial score (nSPS) is 14.6. The maximum atomic E-state index is 12.6. The molecular weight excluding hydrogens is 348 g/mol. The number of ether oxygens (including phenoxy) is 1. The van der Waals surface area contributed by atoms with Crippen LogP contribution in [0.25, 0.3) is 0 Å². The minimum atomic E-state index is -4.28. The van der Waals surface area contributed by atoms with Gasteiger partial charge in [-0.1, -0.05) is 32.4 Å². The summed E-state index contributed by atoms with van der Waals surface area (Å²) in [7, 11) is -4.28. The Morgan fingerprint density at radius 3 is 2.36 bits per heavy atom. The first-order valence-corrected chi connectivity index (χ1v) is 9.36. The van der Waals surface area contributed by atoms with Crippen LogP contribution in [-0.4, -0.2) is 31.0 Å². The van der Waals surface area contributed by atoms with Crippen LogP contribution in [-0.2, 0) is 19.6 Å². The van der Waals surface area contributed by atoms with E-state index in [1.807, 2.05) is 0 Å². The molecule has 1 N–H and O–H groups in total. The highest BCUT2D eigenvalue weighted by Crippen LogP contribution is 2.24. The summed E-state index contributed by atoms with van der Waals surface area (Å²) in [4.78, 5) is 22.2. The molecule has 0 spiro atoms. The highest BCUT2D eigenvalue weighted by molar-refractivity contribution is 7.89. The van der Waals surface area contributed by atoms with Crippen molar-refractivity contribution in [2.24, 2.45) is 5.92 Å². The number of hydrogen-bond donors (Lipinski definition) is 1. The molecule has 0 unspecified atom stereocenters. The molecule has 0 amide bonds. The Kier molecular flexibility index (Phi) is 6.67. The van der Waals surface area contributed by atoms with Crippen LogP contribution in [0.5, 0.6) is 0 Å². The average Bonchev–Trinajstić information content (AvgIpc) is 2.50. The summed E-state index contributed by atoms with van der Waals surface area (Å²) in [5.74, 6) is -1.07. The van der Waals surface area contributed by atoms with Gasteiger partial charge in [-0.15, -0.1) is 0 Å². The molecule has 0 saturated carbocycles. The number of esters is 1. The number of hydrogen-bond acceptors (Lipinski definition) is 6. The monoisotopic (exact) mass is 372 g/mol. The van der Waals surface area contributed by atoms with E-state index < -0.39 is 43.1 Å². The van der Waals surface area contributed by atoms with Crippen molar-refractivity contribution in [3.63, 3.8) is 0 Å². The zero-order chi connectivity index (χ0) is 19.4. The first-order valence-electron chi connectivity index (χ1n) is 7.87. The smallest absolute Gasteiger partial charge is 0.324 e. The number of nitro groups is 1. The Morgan fingerprint density at radius 2 is 1.88 bits per heavy atom. The van der Waals surface area contributed by atoms with Crippen molar-refractivity contribution in [3.05, 3.63) is 34.4 Å². The van der Waals surface area contributed by atoms with Gasteiger partial charge in [-0.05, 0) is 32.8 Å². The van der Waals surface area contributed by atoms with Crippen LogP contribution < -0.4 is 4.72 Å². The van der Waals surface area contributed by atoms with Crippen molar-refractivity contribution in [1.29, 1.82) is 0 Å². The first kappa shape index (κ1) is 21.0. The van der Waals surface area contributed by atoms with E-state index in [9.17, 15) is 23.3 Å². The number of carbonyl (C=O) groups is 1. The molecule has 9 heteroatoms. The molecule has 0 radical (unpaired) electrons. The molecule has 1 rings (SSSR count). The summed E-state index contributed by atoms with van der Waals surface area (Å²) in [6, 6.07) is 3.84. The van der Waals surface area contributed by atoms with Crippen LogP contribution in [0.15, 0.2) is 29.2 Å². The van der Waals surface area contributed by atoms with E-state index >= 15 is 0 Å². The van der Waals surface area contributed by atoms with Crippen molar-refractivity contribution in [1.82, 2.24) is 4.72 Å². The molecule has 2 atom stereocenters. The van der Waals surface area contributed by atoms with Crippen LogP contribution in [0.2, 0.25) is 0 Å². The van der Waals surface area contributed by atoms with Crippen molar-refractivity contribution in [3.8, 4) is 0 Å². The van der Waals surface area contributed by atoms with E-state index in [0.717, 1.165) is 12.1 Å². The lowest BCUT2D eigenvalue weighted by Crippen LogP contribution is -2.47. The predicted octanol–water partition coefficient (Wildman–Crippen LogP) is 2.63. The number of sulfonamides is 1. The van der Waals surface area contributed by atoms with Gasteiger partial charge in [0.2, 0.25) is 10.0 Å². The van der Waals surface area contributed by atoms with Gasteiger partial charge in [-0.2, -0.15) is 4.72 Å². The summed E-state index contributed by atoms with van der Waals surface area (Å²) in [5.41, 5.74) is -1.34. The maximum Gasteiger partial charge on any atom is 0.324 e. The van der Waals surface area contributed by atoms with Gasteiger partial charge in [0, 0.05) is 6.07 Å². The zero-order valence-electron chi connectivity index (χ0n) is 15.0. The molecule has 0 fully saturated rings. The fraction of sp³-hybridized carbons (Fsp3) is 0.562. The molecule has 0 aromatic heterocycles. The van der Waals surface area contributed by atoms with Crippen LogP contribution in [0, 0.1) is 16.0 Å². The summed E-state index contributed by atoms with van der Waals surface area (Å²) in [6.07, 6.45) is 0.517. The summed E-state index contributed by atoms with van der Waals surface area (Å²) >= 11 is 0. The number of nitrogens with one attached hydrogen (secondary N) is 1. The second kappa shape index (κ2) is 7.92. The number of carbonyl (C=O) groups excluding carboxylic acids is 1. The van der Waals surface area contributed by atoms with E-state index in [1.165, 1.54) is 12.1 Å². The molecule has 0 aliphatic rings. The molecule has 140 valence electrons. The van der Waals surface area contributed by atoms with Gasteiger partial charge in [0.1, 0.15) is 11.6 Å². The van der Waals surface area contributed by atoms with Crippen molar-refractivity contribution < 1.29 is 22.9 Å². The average molecular weight is 372 g/mol. The quantitative estimate of drug-likeness (QED) is 0.447. The number of nitro benzene ring substituents is 1. The van der Waals surface area contributed by atoms with Gasteiger partial charge in [-0.3, -0.25) is 14.9 Å². The van der Waals surface area contributed by atoms with Gasteiger partial charge in [0.15, 0.2) is 4.90 Å². The van der Waals surface area contributed by atoms with Crippen molar-refractivity contribution in [2.75, 3.05) is 0 Å². The molecule has 1 aromatic carbocycles. The van der Waals surface area contributed by atoms with E-state index in [-0.39, 0.29) is 5.92 Å². The molecule has 0 bridgehead atoms.